The molecule has 6 heteroatoms. The molecule has 0 aliphatic heterocycles. The van der Waals surface area contributed by atoms with E-state index in [9.17, 15) is 14.4 Å². The Kier molecular flexibility index (Phi) is 12.1. The van der Waals surface area contributed by atoms with Crippen LogP contribution in [-0.4, -0.2) is 36.7 Å². The number of hydrogen-bond donors (Lipinski definition) is 0. The molecule has 0 aromatic carbocycles. The van der Waals surface area contributed by atoms with E-state index < -0.39 is 22.4 Å². The van der Waals surface area contributed by atoms with Gasteiger partial charge in [0.2, 0.25) is 0 Å². The third-order valence-corrected chi connectivity index (χ3v) is 8.13. The maximum absolute atomic E-state index is 13.2. The smallest absolute Gasteiger partial charge is 0.344 e. The largest absolute Gasteiger partial charge is 0.465 e. The Bertz CT molecular complexity index is 666. The van der Waals surface area contributed by atoms with Crippen molar-refractivity contribution in [1.82, 2.24) is 0 Å². The van der Waals surface area contributed by atoms with Gasteiger partial charge in [-0.1, -0.05) is 48.0 Å². The van der Waals surface area contributed by atoms with Crippen molar-refractivity contribution in [3.05, 3.63) is 0 Å². The third-order valence-electron chi connectivity index (χ3n) is 8.13. The van der Waals surface area contributed by atoms with E-state index in [1.165, 1.54) is 0 Å². The van der Waals surface area contributed by atoms with Crippen LogP contribution in [0.2, 0.25) is 0 Å². The minimum absolute atomic E-state index is 0.0136. The molecule has 3 atom stereocenters. The van der Waals surface area contributed by atoms with Crippen LogP contribution in [0.4, 0.5) is 0 Å². The summed E-state index contributed by atoms with van der Waals surface area (Å²) in [6.45, 7) is 16.1. The van der Waals surface area contributed by atoms with Crippen molar-refractivity contribution in [3.8, 4) is 0 Å². The fourth-order valence-corrected chi connectivity index (χ4v) is 5.08. The van der Waals surface area contributed by atoms with Gasteiger partial charge in [-0.05, 0) is 83.5 Å². The quantitative estimate of drug-likeness (QED) is 0.148. The highest BCUT2D eigenvalue weighted by Gasteiger charge is 2.43. The second-order valence-electron chi connectivity index (χ2n) is 11.3. The number of rotatable bonds is 15. The fourth-order valence-electron chi connectivity index (χ4n) is 5.08. The number of ether oxygens (including phenoxy) is 3. The molecule has 1 rings (SSSR count). The van der Waals surface area contributed by atoms with E-state index in [4.69, 9.17) is 14.2 Å². The Hall–Kier alpha value is -1.59. The van der Waals surface area contributed by atoms with Crippen molar-refractivity contribution in [2.24, 2.45) is 22.7 Å². The van der Waals surface area contributed by atoms with E-state index in [1.807, 2.05) is 41.5 Å². The van der Waals surface area contributed by atoms with Crippen LogP contribution in [0.3, 0.4) is 0 Å². The number of esters is 3. The maximum Gasteiger partial charge on any atom is 0.344 e. The molecule has 0 heterocycles. The third kappa shape index (κ3) is 8.27. The van der Waals surface area contributed by atoms with E-state index in [0.717, 1.165) is 44.9 Å². The molecule has 0 bridgehead atoms. The van der Waals surface area contributed by atoms with E-state index in [1.54, 1.807) is 0 Å². The highest BCUT2D eigenvalue weighted by molar-refractivity contribution is 5.80. The van der Waals surface area contributed by atoms with E-state index in [0.29, 0.717) is 25.9 Å². The molecule has 0 aromatic rings. The van der Waals surface area contributed by atoms with Gasteiger partial charge in [0, 0.05) is 0 Å². The first-order valence-corrected chi connectivity index (χ1v) is 13.4. The van der Waals surface area contributed by atoms with Crippen LogP contribution in [0.15, 0.2) is 0 Å². The molecule has 1 aliphatic rings. The molecule has 34 heavy (non-hydrogen) atoms. The lowest BCUT2D eigenvalue weighted by atomic mass is 9.69. The SMILES string of the molecule is CCCCOC(=O)C(C)(CC)CC(C)CC(C)(C(=O)OCC(=O)OC1(CC)CCCC1)C(C)C. The van der Waals surface area contributed by atoms with E-state index >= 15 is 0 Å². The summed E-state index contributed by atoms with van der Waals surface area (Å²) in [4.78, 5) is 38.3. The average molecular weight is 483 g/mol. The molecule has 0 N–H and O–H groups in total. The summed E-state index contributed by atoms with van der Waals surface area (Å²) < 4.78 is 16.7. The summed E-state index contributed by atoms with van der Waals surface area (Å²) in [5, 5.41) is 0. The lowest BCUT2D eigenvalue weighted by Crippen LogP contribution is -2.40. The molecule has 0 amide bonds. The second-order valence-corrected chi connectivity index (χ2v) is 11.3. The zero-order valence-electron chi connectivity index (χ0n) is 23.1. The van der Waals surface area contributed by atoms with Crippen LogP contribution in [0.1, 0.15) is 120 Å². The monoisotopic (exact) mass is 482 g/mol. The van der Waals surface area contributed by atoms with Crippen molar-refractivity contribution in [2.75, 3.05) is 13.2 Å². The van der Waals surface area contributed by atoms with Gasteiger partial charge in [0.15, 0.2) is 6.61 Å². The Balaban J connectivity index is 2.75. The summed E-state index contributed by atoms with van der Waals surface area (Å²) in [5.41, 5.74) is -1.75. The molecule has 0 spiro atoms. The Morgan fingerprint density at radius 1 is 0.912 bits per heavy atom. The first kappa shape index (κ1) is 30.4. The van der Waals surface area contributed by atoms with Gasteiger partial charge >= 0.3 is 17.9 Å². The normalized spacial score (nSPS) is 19.7. The summed E-state index contributed by atoms with van der Waals surface area (Å²) in [5.74, 6) is -0.905. The summed E-state index contributed by atoms with van der Waals surface area (Å²) >= 11 is 0. The van der Waals surface area contributed by atoms with E-state index in [2.05, 4.69) is 13.8 Å². The maximum atomic E-state index is 13.2. The van der Waals surface area contributed by atoms with Gasteiger partial charge in [0.25, 0.3) is 0 Å². The molecule has 0 aromatic heterocycles. The van der Waals surface area contributed by atoms with Gasteiger partial charge in [-0.2, -0.15) is 0 Å². The van der Waals surface area contributed by atoms with Gasteiger partial charge in [-0.15, -0.1) is 0 Å². The number of carbonyl (C=O) groups is 3. The predicted octanol–water partition coefficient (Wildman–Crippen LogP) is 6.63. The van der Waals surface area contributed by atoms with Crippen molar-refractivity contribution >= 4 is 17.9 Å². The first-order valence-electron chi connectivity index (χ1n) is 13.4. The molecule has 0 radical (unpaired) electrons. The molecule has 1 saturated carbocycles. The van der Waals surface area contributed by atoms with Crippen molar-refractivity contribution in [2.45, 2.75) is 125 Å². The molecule has 3 unspecified atom stereocenters. The van der Waals surface area contributed by atoms with Crippen molar-refractivity contribution < 1.29 is 28.6 Å². The molecule has 1 aliphatic carbocycles. The van der Waals surface area contributed by atoms with Crippen LogP contribution in [0.25, 0.3) is 0 Å². The van der Waals surface area contributed by atoms with Gasteiger partial charge in [0.1, 0.15) is 5.60 Å². The predicted molar refractivity (Wildman–Crippen MR) is 134 cm³/mol. The lowest BCUT2D eigenvalue weighted by molar-refractivity contribution is -0.176. The topological polar surface area (TPSA) is 78.9 Å². The number of unbranched alkanes of at least 4 members (excludes halogenated alkanes) is 1. The zero-order chi connectivity index (χ0) is 26.0. The number of hydrogen-bond acceptors (Lipinski definition) is 6. The molecule has 6 nitrogen and oxygen atoms in total. The van der Waals surface area contributed by atoms with Crippen LogP contribution in [-0.2, 0) is 28.6 Å². The second kappa shape index (κ2) is 13.5. The minimum Gasteiger partial charge on any atom is -0.465 e. The van der Waals surface area contributed by atoms with Crippen LogP contribution in [0, 0.1) is 22.7 Å². The molecule has 198 valence electrons. The standard InChI is InChI=1S/C28H50O6/c1-9-12-17-32-24(30)26(7,10-2)18-22(6)19-27(8,21(4)5)25(31)33-20-23(29)34-28(11-3)15-13-14-16-28/h21-22H,9-20H2,1-8H3. The Labute approximate surface area is 207 Å². The molecular weight excluding hydrogens is 432 g/mol. The lowest BCUT2D eigenvalue weighted by Gasteiger charge is -2.36. The fraction of sp³-hybridized carbons (Fsp3) is 0.893. The van der Waals surface area contributed by atoms with Crippen LogP contribution in [0.5, 0.6) is 0 Å². The van der Waals surface area contributed by atoms with Gasteiger partial charge < -0.3 is 14.2 Å². The van der Waals surface area contributed by atoms with Crippen LogP contribution >= 0.6 is 0 Å². The summed E-state index contributed by atoms with van der Waals surface area (Å²) in [6.07, 6.45) is 8.37. The molecular formula is C28H50O6. The highest BCUT2D eigenvalue weighted by atomic mass is 16.6. The zero-order valence-corrected chi connectivity index (χ0v) is 23.1. The molecule has 1 fully saturated rings. The van der Waals surface area contributed by atoms with Gasteiger partial charge in [-0.3, -0.25) is 9.59 Å². The van der Waals surface area contributed by atoms with Gasteiger partial charge in [0.05, 0.1) is 17.4 Å². The summed E-state index contributed by atoms with van der Waals surface area (Å²) in [6, 6.07) is 0. The Morgan fingerprint density at radius 2 is 1.53 bits per heavy atom. The first-order chi connectivity index (χ1) is 15.9. The Morgan fingerprint density at radius 3 is 2.03 bits per heavy atom. The minimum atomic E-state index is -0.768. The molecule has 0 saturated heterocycles. The van der Waals surface area contributed by atoms with Gasteiger partial charge in [-0.25, -0.2) is 4.79 Å². The average Bonchev–Trinajstić information content (AvgIpc) is 3.25. The van der Waals surface area contributed by atoms with Crippen molar-refractivity contribution in [3.63, 3.8) is 0 Å². The van der Waals surface area contributed by atoms with Crippen LogP contribution < -0.4 is 0 Å². The van der Waals surface area contributed by atoms with E-state index in [-0.39, 0.29) is 30.4 Å². The number of carbonyl (C=O) groups excluding carboxylic acids is 3. The van der Waals surface area contributed by atoms with Crippen molar-refractivity contribution in [1.29, 1.82) is 0 Å². The highest BCUT2D eigenvalue weighted by Crippen LogP contribution is 2.41. The summed E-state index contributed by atoms with van der Waals surface area (Å²) in [7, 11) is 0.